The first-order valence-electron chi connectivity index (χ1n) is 7.91. The van der Waals surface area contributed by atoms with Crippen molar-refractivity contribution in [3.63, 3.8) is 0 Å². The van der Waals surface area contributed by atoms with E-state index >= 15 is 0 Å². The molecule has 0 aliphatic rings. The van der Waals surface area contributed by atoms with E-state index in [1.165, 1.54) is 12.1 Å². The largest absolute Gasteiger partial charge is 0.496 e. The van der Waals surface area contributed by atoms with E-state index in [1.54, 1.807) is 27.0 Å². The molecule has 0 spiro atoms. The number of benzene rings is 2. The average molecular weight is 379 g/mol. The van der Waals surface area contributed by atoms with Crippen molar-refractivity contribution in [2.24, 2.45) is 0 Å². The summed E-state index contributed by atoms with van der Waals surface area (Å²) < 4.78 is 32.1. The third-order valence-corrected chi connectivity index (χ3v) is 5.19. The fourth-order valence-electron chi connectivity index (χ4n) is 2.40. The van der Waals surface area contributed by atoms with E-state index in [0.717, 1.165) is 11.6 Å². The third kappa shape index (κ3) is 4.70. The van der Waals surface area contributed by atoms with Crippen LogP contribution < -0.4 is 14.8 Å². The molecule has 140 valence electrons. The van der Waals surface area contributed by atoms with Gasteiger partial charge in [-0.3, -0.25) is 10.1 Å². The summed E-state index contributed by atoms with van der Waals surface area (Å²) >= 11 is 0. The van der Waals surface area contributed by atoms with Gasteiger partial charge in [0.15, 0.2) is 0 Å². The van der Waals surface area contributed by atoms with Gasteiger partial charge in [0.1, 0.15) is 11.4 Å². The van der Waals surface area contributed by atoms with Crippen LogP contribution in [0.15, 0.2) is 47.4 Å². The van der Waals surface area contributed by atoms with Gasteiger partial charge < -0.3 is 10.1 Å². The summed E-state index contributed by atoms with van der Waals surface area (Å²) in [6, 6.07) is 10.7. The van der Waals surface area contributed by atoms with Gasteiger partial charge in [0.2, 0.25) is 10.0 Å². The molecule has 2 aromatic carbocycles. The second-order valence-electron chi connectivity index (χ2n) is 5.88. The summed E-state index contributed by atoms with van der Waals surface area (Å²) in [4.78, 5) is 10.6. The summed E-state index contributed by atoms with van der Waals surface area (Å²) in [5, 5.41) is 14.4. The predicted molar refractivity (Wildman–Crippen MR) is 98.9 cm³/mol. The van der Waals surface area contributed by atoms with Crippen LogP contribution in [0.25, 0.3) is 0 Å². The van der Waals surface area contributed by atoms with Crippen LogP contribution in [0.1, 0.15) is 19.4 Å². The molecule has 0 amide bonds. The first-order chi connectivity index (χ1) is 12.2. The highest BCUT2D eigenvalue weighted by Crippen LogP contribution is 2.29. The van der Waals surface area contributed by atoms with E-state index in [2.05, 4.69) is 10.0 Å². The number of ether oxygens (including phenoxy) is 1. The molecule has 9 heteroatoms. The van der Waals surface area contributed by atoms with Gasteiger partial charge >= 0.3 is 0 Å². The minimum atomic E-state index is -3.81. The average Bonchev–Trinajstić information content (AvgIpc) is 2.58. The lowest BCUT2D eigenvalue weighted by molar-refractivity contribution is -0.384. The molecule has 26 heavy (non-hydrogen) atoms. The van der Waals surface area contributed by atoms with Crippen molar-refractivity contribution in [2.75, 3.05) is 12.4 Å². The van der Waals surface area contributed by atoms with Crippen LogP contribution in [-0.2, 0) is 16.6 Å². The maximum atomic E-state index is 12.2. The Hall–Kier alpha value is -2.65. The van der Waals surface area contributed by atoms with Crippen molar-refractivity contribution in [3.8, 4) is 5.75 Å². The minimum absolute atomic E-state index is 0.152. The highest BCUT2D eigenvalue weighted by Gasteiger charge is 2.22. The molecule has 0 unspecified atom stereocenters. The quantitative estimate of drug-likeness (QED) is 0.539. The van der Waals surface area contributed by atoms with Crippen molar-refractivity contribution >= 4 is 21.4 Å². The SMILES string of the molecule is COc1ccccc1CNc1ccc(S(=O)(=O)NC(C)C)cc1[N+](=O)[O-]. The lowest BCUT2D eigenvalue weighted by Crippen LogP contribution is -2.30. The Morgan fingerprint density at radius 2 is 1.88 bits per heavy atom. The standard InChI is InChI=1S/C17H21N3O5S/c1-12(2)19-26(23,24)14-8-9-15(16(10-14)20(21)22)18-11-13-6-4-5-7-17(13)25-3/h4-10,12,18-19H,11H2,1-3H3. The first-order valence-corrected chi connectivity index (χ1v) is 9.39. The van der Waals surface area contributed by atoms with E-state index in [9.17, 15) is 18.5 Å². The zero-order chi connectivity index (χ0) is 19.3. The molecular weight excluding hydrogens is 358 g/mol. The number of sulfonamides is 1. The normalized spacial score (nSPS) is 11.4. The summed E-state index contributed by atoms with van der Waals surface area (Å²) in [7, 11) is -2.27. The second kappa shape index (κ2) is 8.15. The van der Waals surface area contributed by atoms with E-state index in [-0.39, 0.29) is 22.3 Å². The first kappa shape index (κ1) is 19.7. The molecule has 0 radical (unpaired) electrons. The maximum absolute atomic E-state index is 12.2. The Kier molecular flexibility index (Phi) is 6.17. The fourth-order valence-corrected chi connectivity index (χ4v) is 3.67. The molecule has 2 aromatic rings. The Bertz CT molecular complexity index is 897. The van der Waals surface area contributed by atoms with Crippen LogP contribution in [-0.4, -0.2) is 26.5 Å². The van der Waals surface area contributed by atoms with E-state index in [1.807, 2.05) is 18.2 Å². The molecule has 0 saturated heterocycles. The van der Waals surface area contributed by atoms with Crippen molar-refractivity contribution < 1.29 is 18.1 Å². The van der Waals surface area contributed by atoms with Crippen LogP contribution in [0, 0.1) is 10.1 Å². The lowest BCUT2D eigenvalue weighted by Gasteiger charge is -2.13. The van der Waals surface area contributed by atoms with E-state index < -0.39 is 14.9 Å². The smallest absolute Gasteiger partial charge is 0.293 e. The van der Waals surface area contributed by atoms with Crippen LogP contribution in [0.3, 0.4) is 0 Å². The van der Waals surface area contributed by atoms with Crippen molar-refractivity contribution in [1.29, 1.82) is 0 Å². The number of hydrogen-bond acceptors (Lipinski definition) is 6. The van der Waals surface area contributed by atoms with Crippen LogP contribution >= 0.6 is 0 Å². The van der Waals surface area contributed by atoms with Crippen molar-refractivity contribution in [3.05, 3.63) is 58.1 Å². The molecule has 0 aromatic heterocycles. The molecule has 8 nitrogen and oxygen atoms in total. The van der Waals surface area contributed by atoms with Gasteiger partial charge in [-0.2, -0.15) is 0 Å². The van der Waals surface area contributed by atoms with Gasteiger partial charge in [0, 0.05) is 24.2 Å². The van der Waals surface area contributed by atoms with Crippen molar-refractivity contribution in [2.45, 2.75) is 31.3 Å². The van der Waals surface area contributed by atoms with Crippen molar-refractivity contribution in [1.82, 2.24) is 4.72 Å². The number of rotatable bonds is 8. The zero-order valence-corrected chi connectivity index (χ0v) is 15.5. The Labute approximate surface area is 152 Å². The van der Waals surface area contributed by atoms with Crippen LogP contribution in [0.2, 0.25) is 0 Å². The van der Waals surface area contributed by atoms with Gasteiger partial charge in [-0.25, -0.2) is 13.1 Å². The van der Waals surface area contributed by atoms with Gasteiger partial charge in [-0.1, -0.05) is 18.2 Å². The van der Waals surface area contributed by atoms with E-state index in [0.29, 0.717) is 12.3 Å². The molecule has 0 heterocycles. The molecule has 0 fully saturated rings. The Balaban J connectivity index is 2.31. The molecule has 2 N–H and O–H groups in total. The molecule has 0 aliphatic carbocycles. The molecule has 0 bridgehead atoms. The maximum Gasteiger partial charge on any atom is 0.293 e. The molecular formula is C17H21N3O5S. The summed E-state index contributed by atoms with van der Waals surface area (Å²) in [5.41, 5.74) is 0.735. The van der Waals surface area contributed by atoms with E-state index in [4.69, 9.17) is 4.74 Å². The highest BCUT2D eigenvalue weighted by atomic mass is 32.2. The number of nitrogens with one attached hydrogen (secondary N) is 2. The molecule has 0 aliphatic heterocycles. The predicted octanol–water partition coefficient (Wildman–Crippen LogP) is 2.90. The summed E-state index contributed by atoms with van der Waals surface area (Å²) in [6.07, 6.45) is 0. The van der Waals surface area contributed by atoms with Gasteiger partial charge in [-0.15, -0.1) is 0 Å². The highest BCUT2D eigenvalue weighted by molar-refractivity contribution is 7.89. The lowest BCUT2D eigenvalue weighted by atomic mass is 10.2. The van der Waals surface area contributed by atoms with Gasteiger partial charge in [0.05, 0.1) is 16.9 Å². The summed E-state index contributed by atoms with van der Waals surface area (Å²) in [6.45, 7) is 3.64. The number of nitro groups is 1. The Morgan fingerprint density at radius 3 is 2.50 bits per heavy atom. The van der Waals surface area contributed by atoms with Gasteiger partial charge in [0.25, 0.3) is 5.69 Å². The number of hydrogen-bond donors (Lipinski definition) is 2. The monoisotopic (exact) mass is 379 g/mol. The number of methoxy groups -OCH3 is 1. The zero-order valence-electron chi connectivity index (χ0n) is 14.7. The molecule has 0 atom stereocenters. The van der Waals surface area contributed by atoms with Crippen LogP contribution in [0.5, 0.6) is 5.75 Å². The van der Waals surface area contributed by atoms with Crippen LogP contribution in [0.4, 0.5) is 11.4 Å². The number of para-hydroxylation sites is 1. The second-order valence-corrected chi connectivity index (χ2v) is 7.59. The summed E-state index contributed by atoms with van der Waals surface area (Å²) in [5.74, 6) is 0.656. The Morgan fingerprint density at radius 1 is 1.19 bits per heavy atom. The number of nitro benzene ring substituents is 1. The topological polar surface area (TPSA) is 111 Å². The molecule has 2 rings (SSSR count). The minimum Gasteiger partial charge on any atom is -0.496 e. The fraction of sp³-hybridized carbons (Fsp3) is 0.294. The molecule has 0 saturated carbocycles. The number of anilines is 1. The number of nitrogens with zero attached hydrogens (tertiary/aromatic N) is 1. The van der Waals surface area contributed by atoms with Gasteiger partial charge in [-0.05, 0) is 32.0 Å². The third-order valence-electron chi connectivity index (χ3n) is 3.53.